The van der Waals surface area contributed by atoms with Gasteiger partial charge in [-0.3, -0.25) is 4.79 Å². The Morgan fingerprint density at radius 1 is 1.04 bits per heavy atom. The molecule has 1 aliphatic rings. The first-order valence-electron chi connectivity index (χ1n) is 10.5. The lowest BCUT2D eigenvalue weighted by Crippen LogP contribution is -2.47. The van der Waals surface area contributed by atoms with Gasteiger partial charge >= 0.3 is 0 Å². The van der Waals surface area contributed by atoms with E-state index in [1.807, 2.05) is 30.3 Å². The largest absolute Gasteiger partial charge is 0.366 e. The molecule has 1 aromatic carbocycles. The van der Waals surface area contributed by atoms with E-state index in [9.17, 15) is 9.90 Å². The smallest absolute Gasteiger partial charge is 0.212 e. The number of carbonyl (C=O) groups excluding carboxylic acids is 1. The highest BCUT2D eigenvalue weighted by Crippen LogP contribution is 2.41. The second kappa shape index (κ2) is 11.7. The van der Waals surface area contributed by atoms with E-state index in [4.69, 9.17) is 0 Å². The van der Waals surface area contributed by atoms with Gasteiger partial charge in [-0.2, -0.15) is 0 Å². The summed E-state index contributed by atoms with van der Waals surface area (Å²) in [7, 11) is 0. The number of fused-ring (bicyclic) bond motifs is 1. The van der Waals surface area contributed by atoms with E-state index in [-0.39, 0.29) is 0 Å². The van der Waals surface area contributed by atoms with Gasteiger partial charge < -0.3 is 10.0 Å². The quantitative estimate of drug-likeness (QED) is 0.222. The van der Waals surface area contributed by atoms with Crippen LogP contribution in [0, 0.1) is 0 Å². The zero-order valence-corrected chi connectivity index (χ0v) is 18.2. The van der Waals surface area contributed by atoms with E-state index in [1.165, 1.54) is 51.4 Å². The van der Waals surface area contributed by atoms with Crippen LogP contribution in [0.2, 0.25) is 0 Å². The summed E-state index contributed by atoms with van der Waals surface area (Å²) in [5, 5.41) is 11.3. The molecular formula is C23H34BrNO2. The maximum absolute atomic E-state index is 11.7. The molecule has 0 aliphatic heterocycles. The molecule has 0 saturated carbocycles. The SMILES string of the molecule is CCCCCCCCCCCCN(C=O)[C@@]1(O)CC=C(Br)c2ccccc21. The monoisotopic (exact) mass is 435 g/mol. The Bertz CT molecular complexity index is 616. The van der Waals surface area contributed by atoms with Crippen LogP contribution in [0.5, 0.6) is 0 Å². The fourth-order valence-electron chi connectivity index (χ4n) is 3.86. The van der Waals surface area contributed by atoms with Crippen molar-refractivity contribution in [3.05, 3.63) is 41.5 Å². The van der Waals surface area contributed by atoms with Crippen molar-refractivity contribution in [2.75, 3.05) is 6.54 Å². The number of hydrogen-bond acceptors (Lipinski definition) is 2. The van der Waals surface area contributed by atoms with Crippen molar-refractivity contribution in [3.63, 3.8) is 0 Å². The van der Waals surface area contributed by atoms with Crippen molar-refractivity contribution in [3.8, 4) is 0 Å². The van der Waals surface area contributed by atoms with E-state index in [1.54, 1.807) is 4.90 Å². The van der Waals surface area contributed by atoms with Gasteiger partial charge in [-0.05, 0) is 12.0 Å². The molecule has 0 spiro atoms. The Morgan fingerprint density at radius 3 is 2.26 bits per heavy atom. The van der Waals surface area contributed by atoms with Crippen molar-refractivity contribution in [1.29, 1.82) is 0 Å². The third-order valence-corrected chi connectivity index (χ3v) is 6.29. The molecule has 3 nitrogen and oxygen atoms in total. The number of nitrogens with zero attached hydrogens (tertiary/aromatic N) is 1. The lowest BCUT2D eigenvalue weighted by molar-refractivity contribution is -0.149. The minimum Gasteiger partial charge on any atom is -0.366 e. The van der Waals surface area contributed by atoms with Gasteiger partial charge in [0.05, 0.1) is 0 Å². The molecule has 27 heavy (non-hydrogen) atoms. The Morgan fingerprint density at radius 2 is 1.63 bits per heavy atom. The zero-order chi connectivity index (χ0) is 19.5. The summed E-state index contributed by atoms with van der Waals surface area (Å²) >= 11 is 3.56. The predicted octanol–water partition coefficient (Wildman–Crippen LogP) is 6.35. The van der Waals surface area contributed by atoms with Crippen LogP contribution in [0.1, 0.15) is 88.7 Å². The molecule has 0 bridgehead atoms. The summed E-state index contributed by atoms with van der Waals surface area (Å²) < 4.78 is 0.979. The molecule has 4 heteroatoms. The first-order chi connectivity index (χ1) is 13.1. The molecule has 2 rings (SSSR count). The van der Waals surface area contributed by atoms with Gasteiger partial charge in [0.15, 0.2) is 5.72 Å². The minimum atomic E-state index is -1.24. The minimum absolute atomic E-state index is 0.418. The van der Waals surface area contributed by atoms with Crippen molar-refractivity contribution >= 4 is 26.8 Å². The van der Waals surface area contributed by atoms with Gasteiger partial charge in [0.25, 0.3) is 0 Å². The number of aliphatic hydroxyl groups is 1. The average Bonchev–Trinajstić information content (AvgIpc) is 2.69. The molecule has 1 N–H and O–H groups in total. The van der Waals surface area contributed by atoms with E-state index in [0.29, 0.717) is 13.0 Å². The van der Waals surface area contributed by atoms with Gasteiger partial charge in [-0.15, -0.1) is 0 Å². The van der Waals surface area contributed by atoms with Crippen LogP contribution in [0.3, 0.4) is 0 Å². The number of halogens is 1. The number of hydrogen-bond donors (Lipinski definition) is 1. The Balaban J connectivity index is 1.77. The van der Waals surface area contributed by atoms with Crippen LogP contribution < -0.4 is 0 Å². The van der Waals surface area contributed by atoms with Crippen molar-refractivity contribution in [2.24, 2.45) is 0 Å². The Kier molecular flexibility index (Phi) is 9.57. The number of benzene rings is 1. The van der Waals surface area contributed by atoms with E-state index in [0.717, 1.165) is 34.9 Å². The second-order valence-corrected chi connectivity index (χ2v) is 8.45. The van der Waals surface area contributed by atoms with Crippen LogP contribution >= 0.6 is 15.9 Å². The summed E-state index contributed by atoms with van der Waals surface area (Å²) in [6, 6.07) is 7.76. The normalized spacial score (nSPS) is 18.7. The number of carbonyl (C=O) groups is 1. The third kappa shape index (κ3) is 6.18. The standard InChI is InChI=1S/C23H34BrNO2/c1-2-3-4-5-6-7-8-9-10-13-18-25(19-26)23(27)17-16-22(24)20-14-11-12-15-21(20)23/h11-12,14-16,19,27H,2-10,13,17-18H2,1H3/t23-/m1/s1. The van der Waals surface area contributed by atoms with E-state index in [2.05, 4.69) is 22.9 Å². The lowest BCUT2D eigenvalue weighted by Gasteiger charge is -2.40. The maximum Gasteiger partial charge on any atom is 0.212 e. The summed E-state index contributed by atoms with van der Waals surface area (Å²) in [5.74, 6) is 0. The second-order valence-electron chi connectivity index (χ2n) is 7.60. The highest BCUT2D eigenvalue weighted by atomic mass is 79.9. The molecule has 1 aromatic rings. The van der Waals surface area contributed by atoms with Crippen molar-refractivity contribution < 1.29 is 9.90 Å². The van der Waals surface area contributed by atoms with Gasteiger partial charge in [0.2, 0.25) is 6.41 Å². The molecule has 0 radical (unpaired) electrons. The molecule has 1 amide bonds. The summed E-state index contributed by atoms with van der Waals surface area (Å²) in [4.78, 5) is 13.3. The van der Waals surface area contributed by atoms with Gasteiger partial charge in [0.1, 0.15) is 0 Å². The summed E-state index contributed by atoms with van der Waals surface area (Å²) in [6.45, 7) is 2.84. The topological polar surface area (TPSA) is 40.5 Å². The molecule has 0 fully saturated rings. The van der Waals surface area contributed by atoms with E-state index < -0.39 is 5.72 Å². The molecular weight excluding hydrogens is 402 g/mol. The summed E-state index contributed by atoms with van der Waals surface area (Å²) in [6.07, 6.45) is 15.8. The first kappa shape index (κ1) is 22.2. The number of unbranched alkanes of at least 4 members (excludes halogenated alkanes) is 9. The van der Waals surface area contributed by atoms with Crippen LogP contribution in [0.25, 0.3) is 4.48 Å². The lowest BCUT2D eigenvalue weighted by atomic mass is 9.88. The van der Waals surface area contributed by atoms with Gasteiger partial charge in [0, 0.05) is 23.0 Å². The average molecular weight is 436 g/mol. The fourth-order valence-corrected chi connectivity index (χ4v) is 4.37. The Labute approximate surface area is 173 Å². The third-order valence-electron chi connectivity index (χ3n) is 5.54. The Hall–Kier alpha value is -1.13. The summed E-state index contributed by atoms with van der Waals surface area (Å²) in [5.41, 5.74) is 0.522. The van der Waals surface area contributed by atoms with Crippen LogP contribution in [-0.4, -0.2) is 23.0 Å². The van der Waals surface area contributed by atoms with Gasteiger partial charge in [-0.25, -0.2) is 0 Å². The molecule has 1 aliphatic carbocycles. The number of rotatable bonds is 13. The molecule has 1 atom stereocenters. The first-order valence-corrected chi connectivity index (χ1v) is 11.3. The highest BCUT2D eigenvalue weighted by Gasteiger charge is 2.39. The molecule has 0 unspecified atom stereocenters. The molecule has 0 aromatic heterocycles. The van der Waals surface area contributed by atoms with Crippen LogP contribution in [-0.2, 0) is 10.5 Å². The molecule has 0 heterocycles. The fraction of sp³-hybridized carbons (Fsp3) is 0.609. The van der Waals surface area contributed by atoms with E-state index >= 15 is 0 Å². The van der Waals surface area contributed by atoms with Crippen molar-refractivity contribution in [1.82, 2.24) is 4.90 Å². The number of amides is 1. The predicted molar refractivity (Wildman–Crippen MR) is 116 cm³/mol. The maximum atomic E-state index is 11.7. The van der Waals surface area contributed by atoms with Crippen LogP contribution in [0.15, 0.2) is 30.3 Å². The highest BCUT2D eigenvalue weighted by molar-refractivity contribution is 9.15. The molecule has 0 saturated heterocycles. The van der Waals surface area contributed by atoms with Gasteiger partial charge in [-0.1, -0.05) is 111 Å². The van der Waals surface area contributed by atoms with Crippen LogP contribution in [0.4, 0.5) is 0 Å². The van der Waals surface area contributed by atoms with Crippen molar-refractivity contribution in [2.45, 2.75) is 83.3 Å². The zero-order valence-electron chi connectivity index (χ0n) is 16.6. The molecule has 150 valence electrons.